The summed E-state index contributed by atoms with van der Waals surface area (Å²) in [5.74, 6) is 0.998. The van der Waals surface area contributed by atoms with Gasteiger partial charge in [0.15, 0.2) is 0 Å². The van der Waals surface area contributed by atoms with Crippen molar-refractivity contribution in [2.75, 3.05) is 13.2 Å². The van der Waals surface area contributed by atoms with Crippen molar-refractivity contribution >= 4 is 0 Å². The Morgan fingerprint density at radius 3 is 2.50 bits per heavy atom. The van der Waals surface area contributed by atoms with Crippen LogP contribution in [0.5, 0.6) is 5.75 Å². The first kappa shape index (κ1) is 13.0. The maximum Gasteiger partial charge on any atom is 0.122 e. The number of hydrogen-bond donors (Lipinski definition) is 1. The van der Waals surface area contributed by atoms with Gasteiger partial charge in [-0.3, -0.25) is 0 Å². The molecule has 0 saturated heterocycles. The highest BCUT2D eigenvalue weighted by atomic mass is 16.5. The number of para-hydroxylation sites is 1. The summed E-state index contributed by atoms with van der Waals surface area (Å²) in [6.07, 6.45) is 1.03. The molecule has 1 aromatic rings. The standard InChI is InChI=1S/C14H23NO/c1-12-8-5-6-9-13(12)16-11-7-10-15-14(2,3)4/h5-6,8-9,15H,7,10-11H2,1-4H3. The average molecular weight is 221 g/mol. The molecule has 0 aliphatic carbocycles. The van der Waals surface area contributed by atoms with Crippen molar-refractivity contribution in [1.29, 1.82) is 0 Å². The molecule has 16 heavy (non-hydrogen) atoms. The van der Waals surface area contributed by atoms with Gasteiger partial charge in [0.2, 0.25) is 0 Å². The summed E-state index contributed by atoms with van der Waals surface area (Å²) < 4.78 is 5.71. The van der Waals surface area contributed by atoms with Crippen molar-refractivity contribution in [3.05, 3.63) is 29.8 Å². The van der Waals surface area contributed by atoms with Gasteiger partial charge in [-0.25, -0.2) is 0 Å². The minimum absolute atomic E-state index is 0.197. The fourth-order valence-electron chi connectivity index (χ4n) is 1.44. The van der Waals surface area contributed by atoms with Crippen molar-refractivity contribution in [3.8, 4) is 5.75 Å². The van der Waals surface area contributed by atoms with Crippen LogP contribution in [-0.4, -0.2) is 18.7 Å². The van der Waals surface area contributed by atoms with Gasteiger partial charge in [-0.1, -0.05) is 18.2 Å². The van der Waals surface area contributed by atoms with Crippen LogP contribution in [0.2, 0.25) is 0 Å². The Labute approximate surface area is 99.0 Å². The van der Waals surface area contributed by atoms with E-state index in [1.807, 2.05) is 18.2 Å². The smallest absolute Gasteiger partial charge is 0.122 e. The molecule has 0 spiro atoms. The number of nitrogens with one attached hydrogen (secondary N) is 1. The van der Waals surface area contributed by atoms with Crippen LogP contribution < -0.4 is 10.1 Å². The lowest BCUT2D eigenvalue weighted by atomic mass is 10.1. The van der Waals surface area contributed by atoms with Gasteiger partial charge in [0, 0.05) is 5.54 Å². The summed E-state index contributed by atoms with van der Waals surface area (Å²) >= 11 is 0. The van der Waals surface area contributed by atoms with Crippen LogP contribution in [-0.2, 0) is 0 Å². The van der Waals surface area contributed by atoms with Gasteiger partial charge in [0.25, 0.3) is 0 Å². The maximum atomic E-state index is 5.71. The summed E-state index contributed by atoms with van der Waals surface area (Å²) in [4.78, 5) is 0. The van der Waals surface area contributed by atoms with E-state index in [1.54, 1.807) is 0 Å². The molecule has 0 fully saturated rings. The van der Waals surface area contributed by atoms with E-state index in [1.165, 1.54) is 5.56 Å². The zero-order valence-electron chi connectivity index (χ0n) is 10.8. The summed E-state index contributed by atoms with van der Waals surface area (Å²) in [6, 6.07) is 8.13. The lowest BCUT2D eigenvalue weighted by Crippen LogP contribution is -2.36. The van der Waals surface area contributed by atoms with Crippen LogP contribution in [0.3, 0.4) is 0 Å². The first-order valence-corrected chi connectivity index (χ1v) is 5.92. The van der Waals surface area contributed by atoms with Gasteiger partial charge >= 0.3 is 0 Å². The zero-order chi connectivity index (χ0) is 12.0. The number of benzene rings is 1. The van der Waals surface area contributed by atoms with Crippen molar-refractivity contribution in [1.82, 2.24) is 5.32 Å². The summed E-state index contributed by atoms with van der Waals surface area (Å²) in [5, 5.41) is 3.44. The Balaban J connectivity index is 2.19. The number of ether oxygens (including phenoxy) is 1. The van der Waals surface area contributed by atoms with Gasteiger partial charge in [-0.2, -0.15) is 0 Å². The van der Waals surface area contributed by atoms with Crippen molar-refractivity contribution in [3.63, 3.8) is 0 Å². The molecule has 0 aliphatic heterocycles. The highest BCUT2D eigenvalue weighted by Gasteiger charge is 2.07. The molecule has 1 aromatic carbocycles. The summed E-state index contributed by atoms with van der Waals surface area (Å²) in [5.41, 5.74) is 1.40. The lowest BCUT2D eigenvalue weighted by Gasteiger charge is -2.20. The SMILES string of the molecule is Cc1ccccc1OCCCNC(C)(C)C. The molecule has 0 bridgehead atoms. The fourth-order valence-corrected chi connectivity index (χ4v) is 1.44. The number of hydrogen-bond acceptors (Lipinski definition) is 2. The third kappa shape index (κ3) is 5.17. The normalized spacial score (nSPS) is 11.5. The highest BCUT2D eigenvalue weighted by molar-refractivity contribution is 5.31. The molecule has 2 nitrogen and oxygen atoms in total. The van der Waals surface area contributed by atoms with E-state index in [2.05, 4.69) is 39.1 Å². The van der Waals surface area contributed by atoms with Crippen LogP contribution in [0, 0.1) is 6.92 Å². The van der Waals surface area contributed by atoms with Crippen LogP contribution in [0.1, 0.15) is 32.8 Å². The third-order valence-corrected chi connectivity index (χ3v) is 2.33. The van der Waals surface area contributed by atoms with Crippen molar-refractivity contribution in [2.45, 2.75) is 39.7 Å². The molecule has 0 radical (unpaired) electrons. The van der Waals surface area contributed by atoms with E-state index in [-0.39, 0.29) is 5.54 Å². The fraction of sp³-hybridized carbons (Fsp3) is 0.571. The van der Waals surface area contributed by atoms with E-state index in [0.29, 0.717) is 0 Å². The Bertz CT molecular complexity index is 315. The van der Waals surface area contributed by atoms with Gasteiger partial charge in [-0.15, -0.1) is 0 Å². The van der Waals surface area contributed by atoms with Crippen LogP contribution in [0.25, 0.3) is 0 Å². The molecule has 0 saturated carbocycles. The lowest BCUT2D eigenvalue weighted by molar-refractivity contribution is 0.296. The first-order valence-electron chi connectivity index (χ1n) is 5.92. The van der Waals surface area contributed by atoms with E-state index < -0.39 is 0 Å². The Hall–Kier alpha value is -1.02. The zero-order valence-corrected chi connectivity index (χ0v) is 10.8. The molecule has 0 atom stereocenters. The largest absolute Gasteiger partial charge is 0.493 e. The molecule has 0 amide bonds. The Kier molecular flexibility index (Phi) is 4.81. The molecular formula is C14H23NO. The quantitative estimate of drug-likeness (QED) is 0.771. The van der Waals surface area contributed by atoms with Gasteiger partial charge in [0.05, 0.1) is 6.61 Å². The Morgan fingerprint density at radius 2 is 1.88 bits per heavy atom. The van der Waals surface area contributed by atoms with Crippen LogP contribution >= 0.6 is 0 Å². The van der Waals surface area contributed by atoms with Crippen LogP contribution in [0.15, 0.2) is 24.3 Å². The maximum absolute atomic E-state index is 5.71. The van der Waals surface area contributed by atoms with Crippen LogP contribution in [0.4, 0.5) is 0 Å². The number of aryl methyl sites for hydroxylation is 1. The Morgan fingerprint density at radius 1 is 1.19 bits per heavy atom. The molecule has 1 N–H and O–H groups in total. The molecular weight excluding hydrogens is 198 g/mol. The molecule has 0 aromatic heterocycles. The molecule has 0 heterocycles. The summed E-state index contributed by atoms with van der Waals surface area (Å²) in [7, 11) is 0. The van der Waals surface area contributed by atoms with Crippen molar-refractivity contribution in [2.24, 2.45) is 0 Å². The van der Waals surface area contributed by atoms with Gasteiger partial charge in [-0.05, 0) is 52.3 Å². The minimum Gasteiger partial charge on any atom is -0.493 e. The average Bonchev–Trinajstić information content (AvgIpc) is 2.18. The molecule has 1 rings (SSSR count). The second-order valence-electron chi connectivity index (χ2n) is 5.14. The second kappa shape index (κ2) is 5.90. The van der Waals surface area contributed by atoms with E-state index in [9.17, 15) is 0 Å². The topological polar surface area (TPSA) is 21.3 Å². The van der Waals surface area contributed by atoms with Gasteiger partial charge < -0.3 is 10.1 Å². The third-order valence-electron chi connectivity index (χ3n) is 2.33. The monoisotopic (exact) mass is 221 g/mol. The second-order valence-corrected chi connectivity index (χ2v) is 5.14. The number of rotatable bonds is 5. The van der Waals surface area contributed by atoms with Crippen molar-refractivity contribution < 1.29 is 4.74 Å². The predicted molar refractivity (Wildman–Crippen MR) is 69.0 cm³/mol. The highest BCUT2D eigenvalue weighted by Crippen LogP contribution is 2.16. The first-order chi connectivity index (χ1) is 7.49. The van der Waals surface area contributed by atoms with E-state index in [4.69, 9.17) is 4.74 Å². The van der Waals surface area contributed by atoms with E-state index in [0.717, 1.165) is 25.3 Å². The molecule has 0 aliphatic rings. The summed E-state index contributed by atoms with van der Waals surface area (Å²) in [6.45, 7) is 10.4. The molecule has 2 heteroatoms. The van der Waals surface area contributed by atoms with Gasteiger partial charge in [0.1, 0.15) is 5.75 Å². The minimum atomic E-state index is 0.197. The molecule has 0 unspecified atom stereocenters. The molecule has 90 valence electrons. The van der Waals surface area contributed by atoms with E-state index >= 15 is 0 Å². The predicted octanol–water partition coefficient (Wildman–Crippen LogP) is 3.15.